The summed E-state index contributed by atoms with van der Waals surface area (Å²) < 4.78 is 18.0. The van der Waals surface area contributed by atoms with Gasteiger partial charge in [0.2, 0.25) is 0 Å². The molecule has 0 bridgehead atoms. The van der Waals surface area contributed by atoms with Gasteiger partial charge >= 0.3 is 0 Å². The Kier molecular flexibility index (Phi) is 5.25. The molecule has 25 heavy (non-hydrogen) atoms. The predicted molar refractivity (Wildman–Crippen MR) is 88.8 cm³/mol. The normalized spacial score (nSPS) is 19.8. The van der Waals surface area contributed by atoms with Crippen LogP contribution in [0.4, 0.5) is 5.82 Å². The van der Waals surface area contributed by atoms with E-state index in [2.05, 4.69) is 15.3 Å². The molecule has 2 aromatic heterocycles. The van der Waals surface area contributed by atoms with Gasteiger partial charge in [0, 0.05) is 19.9 Å². The van der Waals surface area contributed by atoms with Gasteiger partial charge in [0.05, 0.1) is 26.5 Å². The van der Waals surface area contributed by atoms with Crippen LogP contribution in [0.3, 0.4) is 0 Å². The molecule has 0 aromatic carbocycles. The summed E-state index contributed by atoms with van der Waals surface area (Å²) in [5, 5.41) is 8.08. The van der Waals surface area contributed by atoms with Crippen molar-refractivity contribution in [1.29, 1.82) is 0 Å². The Morgan fingerprint density at radius 2 is 2.32 bits per heavy atom. The van der Waals surface area contributed by atoms with Gasteiger partial charge in [-0.3, -0.25) is 9.69 Å². The third-order valence-corrected chi connectivity index (χ3v) is 4.04. The van der Waals surface area contributed by atoms with E-state index in [-0.39, 0.29) is 23.7 Å². The van der Waals surface area contributed by atoms with Gasteiger partial charge in [-0.05, 0) is 19.1 Å². The van der Waals surface area contributed by atoms with E-state index in [0.29, 0.717) is 31.4 Å². The van der Waals surface area contributed by atoms with Crippen LogP contribution in [0.2, 0.25) is 0 Å². The van der Waals surface area contributed by atoms with Crippen molar-refractivity contribution >= 4 is 11.7 Å². The second-order valence-electron chi connectivity index (χ2n) is 5.58. The van der Waals surface area contributed by atoms with Crippen LogP contribution in [0.5, 0.6) is 5.75 Å². The van der Waals surface area contributed by atoms with Gasteiger partial charge in [-0.15, -0.1) is 5.10 Å². The summed E-state index contributed by atoms with van der Waals surface area (Å²) in [7, 11) is 3.15. The number of ether oxygens (including phenoxy) is 3. The fraction of sp³-hybridized carbons (Fsp3) is 0.500. The van der Waals surface area contributed by atoms with Crippen molar-refractivity contribution in [3.8, 4) is 5.75 Å². The van der Waals surface area contributed by atoms with Crippen molar-refractivity contribution in [2.75, 3.05) is 38.9 Å². The molecule has 1 saturated heterocycles. The molecule has 0 unspecified atom stereocenters. The first kappa shape index (κ1) is 17.3. The first-order chi connectivity index (χ1) is 12.2. The molecule has 1 aliphatic rings. The van der Waals surface area contributed by atoms with Crippen LogP contribution in [-0.4, -0.2) is 66.0 Å². The molecule has 9 heteroatoms. The Morgan fingerprint density at radius 1 is 1.48 bits per heavy atom. The van der Waals surface area contributed by atoms with Crippen LogP contribution in [0.15, 0.2) is 24.5 Å². The molecule has 1 aliphatic heterocycles. The van der Waals surface area contributed by atoms with E-state index in [9.17, 15) is 4.79 Å². The highest BCUT2D eigenvalue weighted by atomic mass is 16.5. The van der Waals surface area contributed by atoms with Crippen molar-refractivity contribution in [3.05, 3.63) is 30.2 Å². The number of carbonyl (C=O) groups excluding carboxylic acids is 1. The lowest BCUT2D eigenvalue weighted by molar-refractivity contribution is 0.0340. The summed E-state index contributed by atoms with van der Waals surface area (Å²) in [5.41, 5.74) is 0.220. The molecule has 9 nitrogen and oxygen atoms in total. The molecule has 0 radical (unpaired) electrons. The first-order valence-corrected chi connectivity index (χ1v) is 8.04. The molecule has 0 spiro atoms. The molecule has 3 heterocycles. The fourth-order valence-electron chi connectivity index (χ4n) is 2.74. The van der Waals surface area contributed by atoms with Gasteiger partial charge in [0.15, 0.2) is 17.3 Å². The van der Waals surface area contributed by atoms with E-state index in [4.69, 9.17) is 14.2 Å². The SMILES string of the molecule is CCO[C@@H]1COC[C@H]1n1cc(C(=O)N(C)c2ncccc2OC)nn1. The van der Waals surface area contributed by atoms with Crippen LogP contribution in [0.1, 0.15) is 23.5 Å². The fourth-order valence-corrected chi connectivity index (χ4v) is 2.74. The van der Waals surface area contributed by atoms with E-state index in [0.717, 1.165) is 0 Å². The minimum Gasteiger partial charge on any atom is -0.493 e. The maximum atomic E-state index is 12.7. The Labute approximate surface area is 145 Å². The smallest absolute Gasteiger partial charge is 0.281 e. The monoisotopic (exact) mass is 347 g/mol. The minimum atomic E-state index is -0.324. The first-order valence-electron chi connectivity index (χ1n) is 8.04. The van der Waals surface area contributed by atoms with Crippen LogP contribution >= 0.6 is 0 Å². The van der Waals surface area contributed by atoms with Crippen molar-refractivity contribution in [3.63, 3.8) is 0 Å². The molecule has 134 valence electrons. The average molecular weight is 347 g/mol. The van der Waals surface area contributed by atoms with E-state index >= 15 is 0 Å². The van der Waals surface area contributed by atoms with Crippen molar-refractivity contribution < 1.29 is 19.0 Å². The standard InChI is InChI=1S/C16H21N5O4/c1-4-25-14-10-24-9-12(14)21-8-11(18-19-21)16(22)20(2)15-13(23-3)6-5-7-17-15/h5-8,12,14H,4,9-10H2,1-3H3/t12-,14-/m1/s1. The lowest BCUT2D eigenvalue weighted by atomic mass is 10.2. The summed E-state index contributed by atoms with van der Waals surface area (Å²) in [6.07, 6.45) is 3.11. The number of amides is 1. The van der Waals surface area contributed by atoms with Crippen LogP contribution in [0.25, 0.3) is 0 Å². The number of nitrogens with zero attached hydrogens (tertiary/aromatic N) is 5. The van der Waals surface area contributed by atoms with Gasteiger partial charge in [-0.25, -0.2) is 9.67 Å². The van der Waals surface area contributed by atoms with E-state index in [1.165, 1.54) is 12.0 Å². The van der Waals surface area contributed by atoms with E-state index in [1.807, 2.05) is 6.92 Å². The van der Waals surface area contributed by atoms with Gasteiger partial charge in [0.25, 0.3) is 5.91 Å². The topological polar surface area (TPSA) is 91.6 Å². The zero-order valence-electron chi connectivity index (χ0n) is 14.5. The largest absolute Gasteiger partial charge is 0.493 e. The highest BCUT2D eigenvalue weighted by Crippen LogP contribution is 2.25. The van der Waals surface area contributed by atoms with Crippen LogP contribution in [0, 0.1) is 0 Å². The van der Waals surface area contributed by atoms with Crippen LogP contribution in [-0.2, 0) is 9.47 Å². The summed E-state index contributed by atoms with van der Waals surface area (Å²) in [6.45, 7) is 3.51. The predicted octanol–water partition coefficient (Wildman–Crippen LogP) is 0.935. The number of carbonyl (C=O) groups is 1. The quantitative estimate of drug-likeness (QED) is 0.768. The summed E-state index contributed by atoms with van der Waals surface area (Å²) in [6, 6.07) is 3.39. The van der Waals surface area contributed by atoms with Gasteiger partial charge in [-0.1, -0.05) is 5.21 Å². The molecule has 0 aliphatic carbocycles. The van der Waals surface area contributed by atoms with Crippen molar-refractivity contribution in [2.45, 2.75) is 19.1 Å². The van der Waals surface area contributed by atoms with E-state index in [1.54, 1.807) is 36.3 Å². The van der Waals surface area contributed by atoms with Gasteiger partial charge in [-0.2, -0.15) is 0 Å². The number of anilines is 1. The third-order valence-electron chi connectivity index (χ3n) is 4.04. The zero-order valence-corrected chi connectivity index (χ0v) is 14.5. The van der Waals surface area contributed by atoms with E-state index < -0.39 is 0 Å². The lowest BCUT2D eigenvalue weighted by Crippen LogP contribution is -2.28. The van der Waals surface area contributed by atoms with Gasteiger partial charge < -0.3 is 14.2 Å². The Hall–Kier alpha value is -2.52. The molecular weight excluding hydrogens is 326 g/mol. The minimum absolute atomic E-state index is 0.0938. The summed E-state index contributed by atoms with van der Waals surface area (Å²) >= 11 is 0. The van der Waals surface area contributed by atoms with Crippen LogP contribution < -0.4 is 9.64 Å². The highest BCUT2D eigenvalue weighted by Gasteiger charge is 2.32. The summed E-state index contributed by atoms with van der Waals surface area (Å²) in [4.78, 5) is 18.3. The number of rotatable bonds is 6. The molecular formula is C16H21N5O4. The second kappa shape index (κ2) is 7.58. The van der Waals surface area contributed by atoms with Gasteiger partial charge in [0.1, 0.15) is 12.1 Å². The molecule has 0 saturated carbocycles. The second-order valence-corrected chi connectivity index (χ2v) is 5.58. The Balaban J connectivity index is 1.78. The number of hydrogen-bond donors (Lipinski definition) is 0. The number of methoxy groups -OCH3 is 1. The zero-order chi connectivity index (χ0) is 17.8. The van der Waals surface area contributed by atoms with Crippen molar-refractivity contribution in [2.24, 2.45) is 0 Å². The molecule has 0 N–H and O–H groups in total. The molecule has 3 rings (SSSR count). The number of hydrogen-bond acceptors (Lipinski definition) is 7. The number of pyridine rings is 1. The maximum Gasteiger partial charge on any atom is 0.281 e. The Morgan fingerprint density at radius 3 is 3.08 bits per heavy atom. The Bertz CT molecular complexity index is 735. The molecule has 2 atom stereocenters. The number of aromatic nitrogens is 4. The highest BCUT2D eigenvalue weighted by molar-refractivity contribution is 6.04. The lowest BCUT2D eigenvalue weighted by Gasteiger charge is -2.18. The average Bonchev–Trinajstić information content (AvgIpc) is 3.30. The third kappa shape index (κ3) is 3.47. The molecule has 1 amide bonds. The molecule has 2 aromatic rings. The molecule has 1 fully saturated rings. The maximum absolute atomic E-state index is 12.7. The van der Waals surface area contributed by atoms with Crippen molar-refractivity contribution in [1.82, 2.24) is 20.0 Å². The summed E-state index contributed by atoms with van der Waals surface area (Å²) in [5.74, 6) is 0.599.